The van der Waals surface area contributed by atoms with E-state index in [0.29, 0.717) is 25.1 Å². The lowest BCUT2D eigenvalue weighted by Gasteiger charge is -2.20. The summed E-state index contributed by atoms with van der Waals surface area (Å²) < 4.78 is 5.56. The van der Waals surface area contributed by atoms with Gasteiger partial charge in [0.25, 0.3) is 5.91 Å². The smallest absolute Gasteiger partial charge is 0.251 e. The number of ether oxygens (including phenoxy) is 1. The number of carbonyl (C=O) groups is 1. The topological polar surface area (TPSA) is 58.6 Å². The van der Waals surface area contributed by atoms with Crippen LogP contribution in [0.1, 0.15) is 47.7 Å². The maximum Gasteiger partial charge on any atom is 0.251 e. The highest BCUT2D eigenvalue weighted by Crippen LogP contribution is 2.22. The third-order valence-electron chi connectivity index (χ3n) is 4.16. The molecule has 0 spiro atoms. The van der Waals surface area contributed by atoms with Crippen LogP contribution in [0.3, 0.4) is 0 Å². The molecule has 0 radical (unpaired) electrons. The second-order valence-corrected chi connectivity index (χ2v) is 6.32. The van der Waals surface area contributed by atoms with Crippen LogP contribution in [0.15, 0.2) is 48.5 Å². The maximum absolute atomic E-state index is 12.5. The SMILES string of the molecule is CCOc1cc(C(=O)NCC(CC(C)O)c2ccccc2)ccc1C. The van der Waals surface area contributed by atoms with Gasteiger partial charge < -0.3 is 15.2 Å². The first-order chi connectivity index (χ1) is 12.0. The van der Waals surface area contributed by atoms with Gasteiger partial charge in [-0.25, -0.2) is 0 Å². The number of carbonyl (C=O) groups excluding carboxylic acids is 1. The zero-order valence-electron chi connectivity index (χ0n) is 15.2. The first-order valence-corrected chi connectivity index (χ1v) is 8.76. The maximum atomic E-state index is 12.5. The Bertz CT molecular complexity index is 683. The molecule has 0 saturated heterocycles. The Hall–Kier alpha value is -2.33. The third-order valence-corrected chi connectivity index (χ3v) is 4.16. The van der Waals surface area contributed by atoms with Crippen molar-refractivity contribution in [2.24, 2.45) is 0 Å². The number of aryl methyl sites for hydroxylation is 1. The van der Waals surface area contributed by atoms with Gasteiger partial charge in [0.05, 0.1) is 12.7 Å². The minimum absolute atomic E-state index is 0.0713. The predicted molar refractivity (Wildman–Crippen MR) is 100 cm³/mol. The third kappa shape index (κ3) is 5.61. The molecule has 0 fully saturated rings. The normalized spacial score (nSPS) is 13.1. The molecule has 2 atom stereocenters. The molecule has 2 rings (SSSR count). The van der Waals surface area contributed by atoms with Crippen molar-refractivity contribution in [2.75, 3.05) is 13.2 Å². The highest BCUT2D eigenvalue weighted by molar-refractivity contribution is 5.94. The monoisotopic (exact) mass is 341 g/mol. The molecular weight excluding hydrogens is 314 g/mol. The number of hydrogen-bond donors (Lipinski definition) is 2. The van der Waals surface area contributed by atoms with Gasteiger partial charge in [-0.1, -0.05) is 36.4 Å². The number of aliphatic hydroxyl groups excluding tert-OH is 1. The Balaban J connectivity index is 2.07. The van der Waals surface area contributed by atoms with Crippen molar-refractivity contribution in [1.29, 1.82) is 0 Å². The zero-order valence-corrected chi connectivity index (χ0v) is 15.2. The summed E-state index contributed by atoms with van der Waals surface area (Å²) in [6.45, 7) is 6.70. The van der Waals surface area contributed by atoms with Gasteiger partial charge in [0.15, 0.2) is 0 Å². The number of nitrogens with one attached hydrogen (secondary N) is 1. The van der Waals surface area contributed by atoms with E-state index in [1.165, 1.54) is 0 Å². The van der Waals surface area contributed by atoms with Crippen LogP contribution in [0.2, 0.25) is 0 Å². The number of amides is 1. The van der Waals surface area contributed by atoms with E-state index in [9.17, 15) is 9.90 Å². The fourth-order valence-electron chi connectivity index (χ4n) is 2.84. The van der Waals surface area contributed by atoms with E-state index < -0.39 is 6.10 Å². The molecular formula is C21H27NO3. The number of rotatable bonds is 8. The van der Waals surface area contributed by atoms with Gasteiger partial charge in [0.2, 0.25) is 0 Å². The van der Waals surface area contributed by atoms with E-state index in [1.807, 2.05) is 50.2 Å². The van der Waals surface area contributed by atoms with Gasteiger partial charge in [-0.2, -0.15) is 0 Å². The molecule has 25 heavy (non-hydrogen) atoms. The molecule has 0 bridgehead atoms. The van der Waals surface area contributed by atoms with E-state index in [1.54, 1.807) is 19.1 Å². The summed E-state index contributed by atoms with van der Waals surface area (Å²) in [5, 5.41) is 12.7. The van der Waals surface area contributed by atoms with Crippen molar-refractivity contribution in [3.05, 3.63) is 65.2 Å². The molecule has 0 heterocycles. The van der Waals surface area contributed by atoms with Crippen LogP contribution < -0.4 is 10.1 Å². The van der Waals surface area contributed by atoms with Crippen molar-refractivity contribution in [3.8, 4) is 5.75 Å². The molecule has 0 aliphatic rings. The molecule has 0 aliphatic carbocycles. The fraction of sp³-hybridized carbons (Fsp3) is 0.381. The molecule has 1 amide bonds. The highest BCUT2D eigenvalue weighted by Gasteiger charge is 2.16. The Kier molecular flexibility index (Phi) is 7.02. The lowest BCUT2D eigenvalue weighted by molar-refractivity contribution is 0.0945. The molecule has 2 aromatic rings. The van der Waals surface area contributed by atoms with Crippen LogP contribution in [0.4, 0.5) is 0 Å². The van der Waals surface area contributed by atoms with Gasteiger partial charge in [-0.05, 0) is 50.5 Å². The van der Waals surface area contributed by atoms with Crippen molar-refractivity contribution < 1.29 is 14.6 Å². The predicted octanol–water partition coefficient (Wildman–Crippen LogP) is 3.68. The van der Waals surface area contributed by atoms with E-state index in [-0.39, 0.29) is 11.8 Å². The van der Waals surface area contributed by atoms with Crippen molar-refractivity contribution >= 4 is 5.91 Å². The van der Waals surface area contributed by atoms with E-state index >= 15 is 0 Å². The quantitative estimate of drug-likeness (QED) is 0.770. The van der Waals surface area contributed by atoms with Crippen LogP contribution >= 0.6 is 0 Å². The molecule has 2 aromatic carbocycles. The molecule has 2 N–H and O–H groups in total. The van der Waals surface area contributed by atoms with Gasteiger partial charge in [0, 0.05) is 18.0 Å². The summed E-state index contributed by atoms with van der Waals surface area (Å²) in [5.41, 5.74) is 2.70. The average Bonchev–Trinajstić information content (AvgIpc) is 2.61. The second kappa shape index (κ2) is 9.23. The summed E-state index contributed by atoms with van der Waals surface area (Å²) in [6, 6.07) is 15.4. The number of aliphatic hydroxyl groups is 1. The molecule has 4 heteroatoms. The van der Waals surface area contributed by atoms with E-state index in [0.717, 1.165) is 16.9 Å². The minimum atomic E-state index is -0.425. The Labute approximate surface area is 149 Å². The Morgan fingerprint density at radius 1 is 1.20 bits per heavy atom. The van der Waals surface area contributed by atoms with Crippen LogP contribution in [0.5, 0.6) is 5.75 Å². The summed E-state index contributed by atoms with van der Waals surface area (Å²) >= 11 is 0. The van der Waals surface area contributed by atoms with E-state index in [2.05, 4.69) is 5.32 Å². The van der Waals surface area contributed by atoms with E-state index in [4.69, 9.17) is 4.74 Å². The molecule has 0 aliphatic heterocycles. The minimum Gasteiger partial charge on any atom is -0.494 e. The van der Waals surface area contributed by atoms with Gasteiger partial charge in [0.1, 0.15) is 5.75 Å². The van der Waals surface area contributed by atoms with Crippen molar-refractivity contribution in [3.63, 3.8) is 0 Å². The summed E-state index contributed by atoms with van der Waals surface area (Å²) in [6.07, 6.45) is 0.175. The molecule has 4 nitrogen and oxygen atoms in total. The summed E-state index contributed by atoms with van der Waals surface area (Å²) in [7, 11) is 0. The van der Waals surface area contributed by atoms with Crippen molar-refractivity contribution in [1.82, 2.24) is 5.32 Å². The summed E-state index contributed by atoms with van der Waals surface area (Å²) in [4.78, 5) is 12.5. The van der Waals surface area contributed by atoms with Gasteiger partial charge in [-0.15, -0.1) is 0 Å². The standard InChI is InChI=1S/C21H27NO3/c1-4-25-20-13-18(11-10-15(20)2)21(24)22-14-19(12-16(3)23)17-8-6-5-7-9-17/h5-11,13,16,19,23H,4,12,14H2,1-3H3,(H,22,24). The molecule has 0 saturated carbocycles. The largest absolute Gasteiger partial charge is 0.494 e. The van der Waals surface area contributed by atoms with Crippen LogP contribution in [0, 0.1) is 6.92 Å². The molecule has 134 valence electrons. The number of hydrogen-bond acceptors (Lipinski definition) is 3. The highest BCUT2D eigenvalue weighted by atomic mass is 16.5. The summed E-state index contributed by atoms with van der Waals surface area (Å²) in [5.74, 6) is 0.674. The second-order valence-electron chi connectivity index (χ2n) is 6.32. The lowest BCUT2D eigenvalue weighted by Crippen LogP contribution is -2.29. The van der Waals surface area contributed by atoms with Gasteiger partial charge >= 0.3 is 0 Å². The Morgan fingerprint density at radius 2 is 1.92 bits per heavy atom. The molecule has 0 aromatic heterocycles. The molecule has 2 unspecified atom stereocenters. The van der Waals surface area contributed by atoms with Crippen molar-refractivity contribution in [2.45, 2.75) is 39.2 Å². The Morgan fingerprint density at radius 3 is 2.56 bits per heavy atom. The van der Waals surface area contributed by atoms with Crippen LogP contribution in [-0.4, -0.2) is 30.3 Å². The first-order valence-electron chi connectivity index (χ1n) is 8.76. The zero-order chi connectivity index (χ0) is 18.2. The fourth-order valence-corrected chi connectivity index (χ4v) is 2.84. The van der Waals surface area contributed by atoms with Crippen LogP contribution in [-0.2, 0) is 0 Å². The first kappa shape index (κ1) is 19.0. The average molecular weight is 341 g/mol. The number of benzene rings is 2. The lowest BCUT2D eigenvalue weighted by atomic mass is 9.93. The van der Waals surface area contributed by atoms with Crippen LogP contribution in [0.25, 0.3) is 0 Å². The van der Waals surface area contributed by atoms with Gasteiger partial charge in [-0.3, -0.25) is 4.79 Å².